The first-order valence-electron chi connectivity index (χ1n) is 8.31. The van der Waals surface area contributed by atoms with Gasteiger partial charge >= 0.3 is 12.2 Å². The van der Waals surface area contributed by atoms with Crippen LogP contribution in [0.15, 0.2) is 18.3 Å². The molecule has 0 spiro atoms. The lowest BCUT2D eigenvalue weighted by atomic mass is 10.1. The smallest absolute Gasteiger partial charge is 0.422 e. The Labute approximate surface area is 144 Å². The zero-order valence-corrected chi connectivity index (χ0v) is 13.9. The maximum atomic E-state index is 12.1. The van der Waals surface area contributed by atoms with Crippen LogP contribution in [0, 0.1) is 0 Å². The van der Waals surface area contributed by atoms with E-state index >= 15 is 0 Å². The Hall–Kier alpha value is -2.03. The number of halogens is 3. The predicted molar refractivity (Wildman–Crippen MR) is 86.3 cm³/mol. The second-order valence-corrected chi connectivity index (χ2v) is 5.92. The van der Waals surface area contributed by atoms with Gasteiger partial charge in [-0.05, 0) is 37.6 Å². The molecule has 0 radical (unpaired) electrons. The molecular weight excluding hydrogens is 337 g/mol. The molecule has 6 nitrogen and oxygen atoms in total. The van der Waals surface area contributed by atoms with Crippen molar-refractivity contribution < 1.29 is 22.7 Å². The van der Waals surface area contributed by atoms with Crippen LogP contribution in [0.4, 0.5) is 18.0 Å². The van der Waals surface area contributed by atoms with Crippen LogP contribution in [-0.2, 0) is 6.54 Å². The summed E-state index contributed by atoms with van der Waals surface area (Å²) >= 11 is 0. The fraction of sp³-hybridized carbons (Fsp3) is 0.625. The monoisotopic (exact) mass is 360 g/mol. The van der Waals surface area contributed by atoms with Gasteiger partial charge in [-0.2, -0.15) is 13.2 Å². The number of alkyl halides is 3. The van der Waals surface area contributed by atoms with Crippen molar-refractivity contribution in [3.8, 4) is 5.88 Å². The zero-order chi connectivity index (χ0) is 18.1. The zero-order valence-electron chi connectivity index (χ0n) is 13.9. The highest BCUT2D eigenvalue weighted by Crippen LogP contribution is 2.17. The normalized spacial score (nSPS) is 15.6. The van der Waals surface area contributed by atoms with Crippen molar-refractivity contribution in [3.63, 3.8) is 0 Å². The third-order valence-electron chi connectivity index (χ3n) is 3.80. The van der Waals surface area contributed by atoms with Crippen molar-refractivity contribution in [1.82, 2.24) is 20.5 Å². The number of amides is 2. The fourth-order valence-corrected chi connectivity index (χ4v) is 2.55. The summed E-state index contributed by atoms with van der Waals surface area (Å²) in [7, 11) is 0. The molecule has 2 amide bonds. The number of pyridine rings is 1. The van der Waals surface area contributed by atoms with Gasteiger partial charge in [-0.1, -0.05) is 6.42 Å². The number of carbonyl (C=O) groups excluding carboxylic acids is 1. The van der Waals surface area contributed by atoms with E-state index in [-0.39, 0.29) is 18.5 Å². The molecule has 0 aromatic carbocycles. The van der Waals surface area contributed by atoms with E-state index in [0.29, 0.717) is 12.1 Å². The molecular formula is C16H23F3N4O2. The van der Waals surface area contributed by atoms with Gasteiger partial charge in [-0.15, -0.1) is 0 Å². The summed E-state index contributed by atoms with van der Waals surface area (Å²) in [5, 5.41) is 5.43. The van der Waals surface area contributed by atoms with Gasteiger partial charge in [-0.3, -0.25) is 0 Å². The van der Waals surface area contributed by atoms with Gasteiger partial charge in [0.2, 0.25) is 5.88 Å². The van der Waals surface area contributed by atoms with Gasteiger partial charge in [0, 0.05) is 31.9 Å². The molecule has 1 aromatic heterocycles. The van der Waals surface area contributed by atoms with Crippen LogP contribution < -0.4 is 15.4 Å². The largest absolute Gasteiger partial charge is 0.468 e. The molecule has 0 atom stereocenters. The second-order valence-electron chi connectivity index (χ2n) is 5.92. The number of ether oxygens (including phenoxy) is 1. The van der Waals surface area contributed by atoms with Crippen LogP contribution >= 0.6 is 0 Å². The van der Waals surface area contributed by atoms with Gasteiger partial charge in [0.25, 0.3) is 0 Å². The average molecular weight is 360 g/mol. The van der Waals surface area contributed by atoms with E-state index in [1.54, 1.807) is 6.07 Å². The minimum atomic E-state index is -4.41. The first-order valence-corrected chi connectivity index (χ1v) is 8.31. The highest BCUT2D eigenvalue weighted by molar-refractivity contribution is 5.73. The Morgan fingerprint density at radius 1 is 1.24 bits per heavy atom. The van der Waals surface area contributed by atoms with E-state index in [9.17, 15) is 18.0 Å². The third kappa shape index (κ3) is 8.06. The molecule has 9 heteroatoms. The van der Waals surface area contributed by atoms with Crippen molar-refractivity contribution in [2.75, 3.05) is 32.8 Å². The lowest BCUT2D eigenvalue weighted by Gasteiger charge is -2.26. The van der Waals surface area contributed by atoms with Gasteiger partial charge in [-0.25, -0.2) is 9.78 Å². The van der Waals surface area contributed by atoms with Crippen LogP contribution in [0.25, 0.3) is 0 Å². The SMILES string of the molecule is O=C(NCCN1CCCCC1)NCc1ccnc(OCC(F)(F)F)c1. The van der Waals surface area contributed by atoms with Crippen molar-refractivity contribution in [2.24, 2.45) is 0 Å². The summed E-state index contributed by atoms with van der Waals surface area (Å²) in [5.41, 5.74) is 0.610. The first kappa shape index (κ1) is 19.3. The summed E-state index contributed by atoms with van der Waals surface area (Å²) in [6, 6.07) is 2.67. The van der Waals surface area contributed by atoms with E-state index in [1.807, 2.05) is 0 Å². The molecule has 0 saturated carbocycles. The third-order valence-corrected chi connectivity index (χ3v) is 3.80. The number of nitrogens with one attached hydrogen (secondary N) is 2. The maximum absolute atomic E-state index is 12.1. The Balaban J connectivity index is 1.66. The van der Waals surface area contributed by atoms with E-state index in [4.69, 9.17) is 0 Å². The number of nitrogens with zero attached hydrogens (tertiary/aromatic N) is 2. The number of carbonyl (C=O) groups is 1. The van der Waals surface area contributed by atoms with Crippen molar-refractivity contribution >= 4 is 6.03 Å². The molecule has 0 bridgehead atoms. The predicted octanol–water partition coefficient (Wildman–Crippen LogP) is 2.31. The lowest BCUT2D eigenvalue weighted by molar-refractivity contribution is -0.154. The molecule has 1 aromatic rings. The van der Waals surface area contributed by atoms with Gasteiger partial charge in [0.15, 0.2) is 6.61 Å². The highest BCUT2D eigenvalue weighted by atomic mass is 19.4. The van der Waals surface area contributed by atoms with E-state index < -0.39 is 12.8 Å². The molecule has 1 saturated heterocycles. The maximum Gasteiger partial charge on any atom is 0.422 e. The summed E-state index contributed by atoms with van der Waals surface area (Å²) < 4.78 is 41.0. The first-order chi connectivity index (χ1) is 11.9. The summed E-state index contributed by atoms with van der Waals surface area (Å²) in [4.78, 5) is 17.8. The lowest BCUT2D eigenvalue weighted by Crippen LogP contribution is -2.41. The van der Waals surface area contributed by atoms with Crippen molar-refractivity contribution in [1.29, 1.82) is 0 Å². The number of piperidine rings is 1. The number of hydrogen-bond donors (Lipinski definition) is 2. The van der Waals surface area contributed by atoms with Crippen molar-refractivity contribution in [2.45, 2.75) is 32.0 Å². The fourth-order valence-electron chi connectivity index (χ4n) is 2.55. The Morgan fingerprint density at radius 2 is 2.00 bits per heavy atom. The molecule has 1 aliphatic rings. The Kier molecular flexibility index (Phi) is 7.30. The van der Waals surface area contributed by atoms with Gasteiger partial charge in [0.1, 0.15) is 0 Å². The molecule has 25 heavy (non-hydrogen) atoms. The number of rotatable bonds is 7. The molecule has 2 N–H and O–H groups in total. The molecule has 0 aliphatic carbocycles. The molecule has 0 unspecified atom stereocenters. The van der Waals surface area contributed by atoms with Gasteiger partial charge < -0.3 is 20.3 Å². The minimum Gasteiger partial charge on any atom is -0.468 e. The molecule has 1 aliphatic heterocycles. The number of urea groups is 1. The van der Waals surface area contributed by atoms with E-state index in [0.717, 1.165) is 19.6 Å². The van der Waals surface area contributed by atoms with Crippen molar-refractivity contribution in [3.05, 3.63) is 23.9 Å². The number of hydrogen-bond acceptors (Lipinski definition) is 4. The average Bonchev–Trinajstić information content (AvgIpc) is 2.59. The Bertz CT molecular complexity index is 548. The highest BCUT2D eigenvalue weighted by Gasteiger charge is 2.28. The summed E-state index contributed by atoms with van der Waals surface area (Å²) in [5.74, 6) is -0.123. The molecule has 1 fully saturated rings. The van der Waals surface area contributed by atoms with Crippen LogP contribution in [0.2, 0.25) is 0 Å². The Morgan fingerprint density at radius 3 is 2.72 bits per heavy atom. The van der Waals surface area contributed by atoms with Crippen LogP contribution in [0.3, 0.4) is 0 Å². The van der Waals surface area contributed by atoms with Crippen LogP contribution in [0.5, 0.6) is 5.88 Å². The van der Waals surface area contributed by atoms with Crippen LogP contribution in [0.1, 0.15) is 24.8 Å². The van der Waals surface area contributed by atoms with Gasteiger partial charge in [0.05, 0.1) is 0 Å². The topological polar surface area (TPSA) is 66.5 Å². The number of aromatic nitrogens is 1. The summed E-state index contributed by atoms with van der Waals surface area (Å²) in [6.45, 7) is 2.30. The second kappa shape index (κ2) is 9.45. The standard InChI is InChI=1S/C16H23F3N4O2/c17-16(18,19)12-25-14-10-13(4-5-20-14)11-22-15(24)21-6-9-23-7-2-1-3-8-23/h4-5,10H,1-3,6-9,11-12H2,(H2,21,22,24). The molecule has 140 valence electrons. The van der Waals surface area contributed by atoms with Crippen LogP contribution in [-0.4, -0.2) is 54.9 Å². The van der Waals surface area contributed by atoms with E-state index in [2.05, 4.69) is 25.3 Å². The molecule has 2 rings (SSSR count). The summed E-state index contributed by atoms with van der Waals surface area (Å²) in [6.07, 6.45) is 0.603. The van der Waals surface area contributed by atoms with E-state index in [1.165, 1.54) is 31.5 Å². The quantitative estimate of drug-likeness (QED) is 0.783. The molecule has 2 heterocycles. The minimum absolute atomic E-state index is 0.123. The number of likely N-dealkylation sites (tertiary alicyclic amines) is 1.